The number of aromatic amines is 1. The molecule has 1 heterocycles. The number of hydrogen-bond acceptors (Lipinski definition) is 0. The van der Waals surface area contributed by atoms with Crippen molar-refractivity contribution >= 4 is 0 Å². The molecule has 0 unspecified atom stereocenters. The van der Waals surface area contributed by atoms with Crippen molar-refractivity contribution in [1.29, 1.82) is 0 Å². The first-order chi connectivity index (χ1) is 12.7. The molecule has 1 nitrogen and oxygen atoms in total. The maximum atomic E-state index is 3.72. The van der Waals surface area contributed by atoms with E-state index in [0.29, 0.717) is 0 Å². The summed E-state index contributed by atoms with van der Waals surface area (Å²) in [5.41, 5.74) is 3.22. The first kappa shape index (κ1) is 24.4. The van der Waals surface area contributed by atoms with E-state index in [4.69, 9.17) is 0 Å². The molecule has 3 aromatic carbocycles. The van der Waals surface area contributed by atoms with Crippen LogP contribution >= 0.6 is 0 Å². The fourth-order valence-corrected chi connectivity index (χ4v) is 1.67. The first-order valence-electron chi connectivity index (χ1n) is 8.29. The van der Waals surface area contributed by atoms with Gasteiger partial charge in [-0.3, -0.25) is 0 Å². The molecule has 0 aliphatic carbocycles. The molecule has 0 bridgehead atoms. The van der Waals surface area contributed by atoms with Gasteiger partial charge in [0.1, 0.15) is 0 Å². The van der Waals surface area contributed by atoms with Crippen LogP contribution in [0.4, 0.5) is 0 Å². The average Bonchev–Trinajstić information content (AvgIpc) is 3.25. The molecule has 0 spiro atoms. The summed E-state index contributed by atoms with van der Waals surface area (Å²) in [6, 6.07) is 33.3. The van der Waals surface area contributed by atoms with Gasteiger partial charge < -0.3 is 4.98 Å². The molecule has 0 aliphatic heterocycles. The van der Waals surface area contributed by atoms with Crippen LogP contribution in [0.25, 0.3) is 0 Å². The molecular formula is C25H25NZr. The minimum Gasteiger partial charge on any atom is -0.484 e. The summed E-state index contributed by atoms with van der Waals surface area (Å²) >= 11 is 0. The molecule has 0 saturated carbocycles. The molecule has 0 aliphatic rings. The van der Waals surface area contributed by atoms with Crippen LogP contribution in [0.15, 0.2) is 109 Å². The van der Waals surface area contributed by atoms with Gasteiger partial charge in [-0.25, -0.2) is 0 Å². The first-order valence-corrected chi connectivity index (χ1v) is 8.29. The zero-order valence-corrected chi connectivity index (χ0v) is 18.0. The van der Waals surface area contributed by atoms with E-state index >= 15 is 0 Å². The van der Waals surface area contributed by atoms with Crippen LogP contribution in [0.5, 0.6) is 0 Å². The van der Waals surface area contributed by atoms with Crippen LogP contribution in [0, 0.1) is 27.0 Å². The van der Waals surface area contributed by atoms with Crippen molar-refractivity contribution in [2.75, 3.05) is 0 Å². The maximum absolute atomic E-state index is 3.72. The smallest absolute Gasteiger partial charge is 0.484 e. The molecule has 4 aromatic rings. The summed E-state index contributed by atoms with van der Waals surface area (Å²) < 4.78 is 0. The van der Waals surface area contributed by atoms with Gasteiger partial charge in [0.15, 0.2) is 0 Å². The van der Waals surface area contributed by atoms with Gasteiger partial charge in [0.25, 0.3) is 0 Å². The second-order valence-electron chi connectivity index (χ2n) is 5.27. The van der Waals surface area contributed by atoms with Crippen molar-refractivity contribution in [2.45, 2.75) is 0 Å². The van der Waals surface area contributed by atoms with Crippen molar-refractivity contribution in [3.05, 3.63) is 153 Å². The quantitative estimate of drug-likeness (QED) is 0.310. The van der Waals surface area contributed by atoms with Crippen molar-refractivity contribution < 1.29 is 26.2 Å². The summed E-state index contributed by atoms with van der Waals surface area (Å²) in [5, 5.41) is 0. The van der Waals surface area contributed by atoms with Gasteiger partial charge in [0.05, 0.1) is 0 Å². The molecule has 0 radical (unpaired) electrons. The molecule has 1 aromatic heterocycles. The van der Waals surface area contributed by atoms with Crippen molar-refractivity contribution in [2.24, 2.45) is 0 Å². The number of rotatable bonds is 0. The Morgan fingerprint density at radius 2 is 0.852 bits per heavy atom. The van der Waals surface area contributed by atoms with Crippen LogP contribution in [0.1, 0.15) is 16.7 Å². The van der Waals surface area contributed by atoms with E-state index in [-0.39, 0.29) is 26.2 Å². The molecule has 4 rings (SSSR count). The van der Waals surface area contributed by atoms with Crippen LogP contribution < -0.4 is 0 Å². The minimum absolute atomic E-state index is 0. The van der Waals surface area contributed by atoms with E-state index in [2.05, 4.69) is 32.0 Å². The normalized spacial score (nSPS) is 8.15. The molecule has 0 fully saturated rings. The van der Waals surface area contributed by atoms with Crippen LogP contribution in [-0.2, 0) is 26.2 Å². The fraction of sp³-hybridized carbons (Fsp3) is 0. The Balaban J connectivity index is 0.000000332. The van der Waals surface area contributed by atoms with Crippen LogP contribution in [0.2, 0.25) is 0 Å². The molecule has 0 amide bonds. The Hall–Kier alpha value is -2.57. The summed E-state index contributed by atoms with van der Waals surface area (Å²) in [4.78, 5) is 2.74. The number of H-pyrrole nitrogens is 1. The Morgan fingerprint density at radius 1 is 0.519 bits per heavy atom. The van der Waals surface area contributed by atoms with E-state index in [9.17, 15) is 0 Å². The number of aromatic nitrogens is 1. The summed E-state index contributed by atoms with van der Waals surface area (Å²) in [6.07, 6.45) is 4.56. The molecule has 27 heavy (non-hydrogen) atoms. The summed E-state index contributed by atoms with van der Waals surface area (Å²) in [5.74, 6) is 0. The van der Waals surface area contributed by atoms with E-state index in [1.165, 1.54) is 0 Å². The van der Waals surface area contributed by atoms with Gasteiger partial charge in [-0.15, -0.1) is 42.6 Å². The van der Waals surface area contributed by atoms with Gasteiger partial charge in [-0.1, -0.05) is 18.2 Å². The van der Waals surface area contributed by atoms with Crippen LogP contribution in [-0.4, -0.2) is 4.98 Å². The Labute approximate surface area is 183 Å². The number of hydrogen-bond donors (Lipinski definition) is 1. The van der Waals surface area contributed by atoms with Gasteiger partial charge >= 0.3 is 26.2 Å². The van der Waals surface area contributed by atoms with Gasteiger partial charge in [0, 0.05) is 0 Å². The van der Waals surface area contributed by atoms with E-state index < -0.39 is 0 Å². The maximum Gasteiger partial charge on any atom is 4.00 e. The fourth-order valence-electron chi connectivity index (χ4n) is 1.67. The SMILES string of the molecule is [CH2-]c1ccccc1.[CH2-]c1ccccc1.[CH2-]c1ccccc1.[Zr+4].[c-]1ccc[nH]1. The van der Waals surface area contributed by atoms with Crippen LogP contribution in [0.3, 0.4) is 0 Å². The second kappa shape index (κ2) is 16.9. The minimum atomic E-state index is 0. The van der Waals surface area contributed by atoms with Crippen molar-refractivity contribution in [3.63, 3.8) is 0 Å². The Kier molecular flexibility index (Phi) is 15.3. The van der Waals surface area contributed by atoms with Crippen molar-refractivity contribution in [1.82, 2.24) is 4.98 Å². The topological polar surface area (TPSA) is 15.8 Å². The van der Waals surface area contributed by atoms with E-state index in [0.717, 1.165) is 16.7 Å². The largest absolute Gasteiger partial charge is 4.00 e. The van der Waals surface area contributed by atoms with E-state index in [1.54, 1.807) is 0 Å². The molecule has 1 N–H and O–H groups in total. The zero-order chi connectivity index (χ0) is 18.9. The predicted molar refractivity (Wildman–Crippen MR) is 112 cm³/mol. The van der Waals surface area contributed by atoms with Gasteiger partial charge in [-0.05, 0) is 0 Å². The predicted octanol–water partition coefficient (Wildman–Crippen LogP) is 6.42. The second-order valence-corrected chi connectivity index (χ2v) is 5.27. The molecule has 0 saturated heterocycles. The van der Waals surface area contributed by atoms with Gasteiger partial charge in [-0.2, -0.15) is 92.2 Å². The van der Waals surface area contributed by atoms with Crippen molar-refractivity contribution in [3.8, 4) is 0 Å². The summed E-state index contributed by atoms with van der Waals surface area (Å²) in [7, 11) is 0. The molecular weight excluding hydrogens is 406 g/mol. The standard InChI is InChI=1S/3C7H7.C4H4N.Zr/c3*1-7-5-3-2-4-6-7;1-2-4-5-3-1;/h3*2-6H,1H2;1-3,5H;/q4*-1;+4. The number of benzene rings is 3. The third-order valence-electron chi connectivity index (χ3n) is 2.97. The van der Waals surface area contributed by atoms with Gasteiger partial charge in [0.2, 0.25) is 0 Å². The third-order valence-corrected chi connectivity index (χ3v) is 2.97. The Morgan fingerprint density at radius 3 is 0.963 bits per heavy atom. The zero-order valence-electron chi connectivity index (χ0n) is 15.5. The molecule has 0 atom stereocenters. The Bertz CT molecular complexity index is 645. The molecule has 2 heteroatoms. The third kappa shape index (κ3) is 15.4. The average molecular weight is 431 g/mol. The number of nitrogens with one attached hydrogen (secondary N) is 1. The summed E-state index contributed by atoms with van der Waals surface area (Å²) in [6.45, 7) is 11.2. The van der Waals surface area contributed by atoms with E-state index in [1.807, 2.05) is 109 Å². The molecule has 134 valence electrons. The monoisotopic (exact) mass is 429 g/mol.